The van der Waals surface area contributed by atoms with Crippen molar-refractivity contribution in [2.24, 2.45) is 5.92 Å². The molecule has 1 fully saturated rings. The van der Waals surface area contributed by atoms with Gasteiger partial charge in [-0.05, 0) is 25.0 Å². The molecule has 0 saturated carbocycles. The summed E-state index contributed by atoms with van der Waals surface area (Å²) in [6.07, 6.45) is 1.55. The fraction of sp³-hybridized carbons (Fsp3) is 0.292. The van der Waals surface area contributed by atoms with E-state index in [0.717, 1.165) is 35.2 Å². The molecule has 1 aliphatic rings. The van der Waals surface area contributed by atoms with Crippen LogP contribution >= 0.6 is 0 Å². The second kappa shape index (κ2) is 9.30. The Morgan fingerprint density at radius 2 is 1.88 bits per heavy atom. The molecule has 0 radical (unpaired) electrons. The molecule has 0 spiro atoms. The normalized spacial score (nSPS) is 15.9. The maximum Gasteiger partial charge on any atom is 0.239 e. The fourth-order valence-electron chi connectivity index (χ4n) is 3.90. The molecule has 4 rings (SSSR count). The van der Waals surface area contributed by atoms with Crippen LogP contribution in [0.4, 0.5) is 14.5 Å². The zero-order chi connectivity index (χ0) is 22.7. The van der Waals surface area contributed by atoms with Crippen LogP contribution in [0.1, 0.15) is 18.6 Å². The Morgan fingerprint density at radius 3 is 2.59 bits per heavy atom. The molecule has 2 aromatic carbocycles. The van der Waals surface area contributed by atoms with Crippen LogP contribution in [0.25, 0.3) is 11.3 Å². The number of hydrogen-bond donors (Lipinski definition) is 0. The van der Waals surface area contributed by atoms with Gasteiger partial charge in [0.1, 0.15) is 29.0 Å². The number of carbonyl (C=O) groups excluding carboxylic acids is 2. The topological polar surface area (TPSA) is 66.7 Å². The van der Waals surface area contributed by atoms with Gasteiger partial charge in [0.15, 0.2) is 0 Å². The fourth-order valence-corrected chi connectivity index (χ4v) is 3.90. The van der Waals surface area contributed by atoms with Crippen LogP contribution in [0.2, 0.25) is 0 Å². The Hall–Kier alpha value is -3.55. The number of aryl methyl sites for hydroxylation is 1. The Kier molecular flexibility index (Phi) is 6.30. The van der Waals surface area contributed by atoms with Gasteiger partial charge >= 0.3 is 0 Å². The predicted molar refractivity (Wildman–Crippen MR) is 115 cm³/mol. The Bertz CT molecular complexity index is 1100. The molecular weight excluding hydrogens is 416 g/mol. The highest BCUT2D eigenvalue weighted by molar-refractivity contribution is 6.09. The molecule has 166 valence electrons. The highest BCUT2D eigenvalue weighted by atomic mass is 19.1. The first-order chi connectivity index (χ1) is 15.4. The maximum absolute atomic E-state index is 13.5. The molecule has 2 heterocycles. The zero-order valence-corrected chi connectivity index (χ0v) is 17.6. The minimum atomic E-state index is -0.846. The highest BCUT2D eigenvalue weighted by Gasteiger charge is 2.39. The van der Waals surface area contributed by atoms with Crippen LogP contribution in [0, 0.1) is 17.6 Å². The molecule has 0 bridgehead atoms. The number of aromatic nitrogens is 1. The summed E-state index contributed by atoms with van der Waals surface area (Å²) in [5, 5.41) is 4.08. The van der Waals surface area contributed by atoms with Crippen molar-refractivity contribution in [2.75, 3.05) is 25.0 Å². The second-order valence-corrected chi connectivity index (χ2v) is 7.87. The average molecular weight is 439 g/mol. The molecule has 1 aromatic heterocycles. The molecule has 1 atom stereocenters. The van der Waals surface area contributed by atoms with Crippen molar-refractivity contribution in [3.8, 4) is 11.3 Å². The Labute approximate surface area is 184 Å². The maximum atomic E-state index is 13.5. The van der Waals surface area contributed by atoms with Crippen molar-refractivity contribution in [3.63, 3.8) is 0 Å². The van der Waals surface area contributed by atoms with Gasteiger partial charge < -0.3 is 14.3 Å². The average Bonchev–Trinajstić information content (AvgIpc) is 3.40. The van der Waals surface area contributed by atoms with E-state index in [4.69, 9.17) is 4.52 Å². The van der Waals surface area contributed by atoms with Gasteiger partial charge in [-0.15, -0.1) is 0 Å². The van der Waals surface area contributed by atoms with Crippen molar-refractivity contribution in [1.29, 1.82) is 0 Å². The largest absolute Gasteiger partial charge is 0.361 e. The van der Waals surface area contributed by atoms with E-state index in [1.54, 1.807) is 7.05 Å². The quantitative estimate of drug-likeness (QED) is 0.521. The van der Waals surface area contributed by atoms with Crippen molar-refractivity contribution in [2.45, 2.75) is 19.3 Å². The molecule has 1 unspecified atom stereocenters. The lowest BCUT2D eigenvalue weighted by Gasteiger charge is -2.21. The molecule has 6 nitrogen and oxygen atoms in total. The van der Waals surface area contributed by atoms with Crippen LogP contribution in [0.3, 0.4) is 0 Å². The molecule has 0 N–H and O–H groups in total. The third kappa shape index (κ3) is 4.69. The first-order valence-corrected chi connectivity index (χ1v) is 10.5. The van der Waals surface area contributed by atoms with Crippen LogP contribution in [0.5, 0.6) is 0 Å². The smallest absolute Gasteiger partial charge is 0.239 e. The summed E-state index contributed by atoms with van der Waals surface area (Å²) in [4.78, 5) is 28.3. The van der Waals surface area contributed by atoms with Gasteiger partial charge in [0, 0.05) is 49.9 Å². The van der Waals surface area contributed by atoms with Gasteiger partial charge in [-0.1, -0.05) is 35.5 Å². The first-order valence-electron chi connectivity index (χ1n) is 10.5. The summed E-state index contributed by atoms with van der Waals surface area (Å²) in [5.41, 5.74) is 1.86. The standard InChI is InChI=1S/C24H23F2N3O3/c1-28(10-5-8-20-15-22(27-32-20)16-6-3-2-4-7-16)23(30)21-9-11-29(24(21)31)19-13-17(25)12-18(26)14-19/h2-4,6-7,12-15,21H,5,8-11H2,1H3. The van der Waals surface area contributed by atoms with Gasteiger partial charge in [-0.3, -0.25) is 9.59 Å². The molecule has 0 aliphatic carbocycles. The van der Waals surface area contributed by atoms with Crippen molar-refractivity contribution in [1.82, 2.24) is 10.1 Å². The van der Waals surface area contributed by atoms with E-state index in [9.17, 15) is 18.4 Å². The van der Waals surface area contributed by atoms with Gasteiger partial charge in [0.05, 0.1) is 0 Å². The number of carbonyl (C=O) groups is 2. The predicted octanol–water partition coefficient (Wildman–Crippen LogP) is 4.06. The third-order valence-electron chi connectivity index (χ3n) is 5.58. The Balaban J connectivity index is 1.30. The van der Waals surface area contributed by atoms with Crippen molar-refractivity contribution in [3.05, 3.63) is 72.0 Å². The molecule has 3 aromatic rings. The highest BCUT2D eigenvalue weighted by Crippen LogP contribution is 2.28. The molecule has 2 amide bonds. The van der Waals surface area contributed by atoms with E-state index in [1.807, 2.05) is 36.4 Å². The number of nitrogens with zero attached hydrogens (tertiary/aromatic N) is 3. The van der Waals surface area contributed by atoms with Crippen LogP contribution in [0.15, 0.2) is 59.1 Å². The molecule has 1 saturated heterocycles. The summed E-state index contributed by atoms with van der Waals surface area (Å²) in [7, 11) is 1.65. The summed E-state index contributed by atoms with van der Waals surface area (Å²) in [5.74, 6) is -2.38. The summed E-state index contributed by atoms with van der Waals surface area (Å²) < 4.78 is 32.4. The zero-order valence-electron chi connectivity index (χ0n) is 17.6. The minimum Gasteiger partial charge on any atom is -0.361 e. The summed E-state index contributed by atoms with van der Waals surface area (Å²) in [6, 6.07) is 14.5. The first kappa shape index (κ1) is 21.7. The van der Waals surface area contributed by atoms with Crippen LogP contribution in [-0.4, -0.2) is 42.0 Å². The molecular formula is C24H23F2N3O3. The minimum absolute atomic E-state index is 0.130. The van der Waals surface area contributed by atoms with Crippen LogP contribution < -0.4 is 4.90 Å². The molecule has 1 aliphatic heterocycles. The van der Waals surface area contributed by atoms with Gasteiger partial charge in [-0.25, -0.2) is 8.78 Å². The monoisotopic (exact) mass is 439 g/mol. The van der Waals surface area contributed by atoms with E-state index >= 15 is 0 Å². The number of hydrogen-bond acceptors (Lipinski definition) is 4. The van der Waals surface area contributed by atoms with E-state index in [-0.39, 0.29) is 18.1 Å². The van der Waals surface area contributed by atoms with E-state index in [0.29, 0.717) is 25.8 Å². The van der Waals surface area contributed by atoms with E-state index < -0.39 is 23.5 Å². The lowest BCUT2D eigenvalue weighted by molar-refractivity contribution is -0.138. The van der Waals surface area contributed by atoms with Gasteiger partial charge in [0.25, 0.3) is 0 Å². The molecule has 8 heteroatoms. The van der Waals surface area contributed by atoms with E-state index in [2.05, 4.69) is 5.16 Å². The summed E-state index contributed by atoms with van der Waals surface area (Å²) in [6.45, 7) is 0.685. The van der Waals surface area contributed by atoms with Crippen molar-refractivity contribution < 1.29 is 22.9 Å². The lowest BCUT2D eigenvalue weighted by atomic mass is 10.1. The van der Waals surface area contributed by atoms with Crippen LogP contribution in [-0.2, 0) is 16.0 Å². The second-order valence-electron chi connectivity index (χ2n) is 7.87. The third-order valence-corrected chi connectivity index (χ3v) is 5.58. The molecule has 32 heavy (non-hydrogen) atoms. The SMILES string of the molecule is CN(CCCc1cc(-c2ccccc2)no1)C(=O)C1CCN(c2cc(F)cc(F)c2)C1=O. The van der Waals surface area contributed by atoms with Crippen molar-refractivity contribution >= 4 is 17.5 Å². The lowest BCUT2D eigenvalue weighted by Crippen LogP contribution is -2.38. The summed E-state index contributed by atoms with van der Waals surface area (Å²) >= 11 is 0. The number of anilines is 1. The van der Waals surface area contributed by atoms with E-state index in [1.165, 1.54) is 9.80 Å². The Morgan fingerprint density at radius 1 is 1.16 bits per heavy atom. The van der Waals surface area contributed by atoms with Gasteiger partial charge in [-0.2, -0.15) is 0 Å². The number of rotatable bonds is 7. The number of benzene rings is 2. The van der Waals surface area contributed by atoms with Gasteiger partial charge in [0.2, 0.25) is 11.8 Å². The number of halogens is 2. The number of amides is 2.